The molecule has 4 heteroatoms. The minimum Gasteiger partial charge on any atom is -0.497 e. The molecule has 90 valence electrons. The van der Waals surface area contributed by atoms with Gasteiger partial charge < -0.3 is 14.2 Å². The molecule has 2 aliphatic rings. The van der Waals surface area contributed by atoms with E-state index in [1.807, 2.05) is 0 Å². The molecule has 2 aliphatic carbocycles. The molecule has 0 aromatic carbocycles. The van der Waals surface area contributed by atoms with Gasteiger partial charge in [0.05, 0.1) is 14.2 Å². The zero-order valence-corrected chi connectivity index (χ0v) is 10.4. The van der Waals surface area contributed by atoms with Crippen LogP contribution < -0.4 is 0 Å². The maximum atomic E-state index is 11.9. The maximum absolute atomic E-state index is 11.9. The van der Waals surface area contributed by atoms with Gasteiger partial charge in [0.2, 0.25) is 0 Å². The molecular weight excluding hydrogens is 208 g/mol. The molecule has 16 heavy (non-hydrogen) atoms. The van der Waals surface area contributed by atoms with Crippen LogP contribution in [0.2, 0.25) is 0 Å². The molecular formula is C12H18O4. The number of ketones is 1. The van der Waals surface area contributed by atoms with Crippen molar-refractivity contribution in [2.45, 2.75) is 25.9 Å². The summed E-state index contributed by atoms with van der Waals surface area (Å²) in [5, 5.41) is 0. The summed E-state index contributed by atoms with van der Waals surface area (Å²) in [6.45, 7) is 4.12. The van der Waals surface area contributed by atoms with E-state index >= 15 is 0 Å². The van der Waals surface area contributed by atoms with Crippen molar-refractivity contribution in [1.82, 2.24) is 0 Å². The smallest absolute Gasteiger partial charge is 0.190 e. The molecule has 0 bridgehead atoms. The predicted octanol–water partition coefficient (Wildman–Crippen LogP) is 1.50. The van der Waals surface area contributed by atoms with Crippen molar-refractivity contribution < 1.29 is 19.0 Å². The van der Waals surface area contributed by atoms with Crippen molar-refractivity contribution in [3.63, 3.8) is 0 Å². The molecule has 1 fully saturated rings. The van der Waals surface area contributed by atoms with Crippen molar-refractivity contribution in [1.29, 1.82) is 0 Å². The lowest BCUT2D eigenvalue weighted by atomic mass is 9.61. The summed E-state index contributed by atoms with van der Waals surface area (Å²) < 4.78 is 16.2. The Morgan fingerprint density at radius 1 is 1.12 bits per heavy atom. The third-order valence-electron chi connectivity index (χ3n) is 4.02. The van der Waals surface area contributed by atoms with Crippen LogP contribution in [-0.2, 0) is 19.0 Å². The molecule has 0 aromatic rings. The van der Waals surface area contributed by atoms with Gasteiger partial charge in [-0.15, -0.1) is 0 Å². The molecule has 0 amide bonds. The normalized spacial score (nSPS) is 35.8. The average molecular weight is 226 g/mol. The molecule has 0 N–H and O–H groups in total. The van der Waals surface area contributed by atoms with Crippen LogP contribution in [-0.4, -0.2) is 32.7 Å². The number of rotatable bonds is 3. The fourth-order valence-corrected chi connectivity index (χ4v) is 3.16. The largest absolute Gasteiger partial charge is 0.497 e. The third-order valence-corrected chi connectivity index (χ3v) is 4.02. The lowest BCUT2D eigenvalue weighted by Gasteiger charge is -2.46. The Kier molecular flexibility index (Phi) is 2.31. The van der Waals surface area contributed by atoms with Gasteiger partial charge in [0.1, 0.15) is 5.76 Å². The van der Waals surface area contributed by atoms with Crippen molar-refractivity contribution in [2.75, 3.05) is 21.3 Å². The monoisotopic (exact) mass is 226 g/mol. The molecule has 0 aliphatic heterocycles. The second kappa shape index (κ2) is 3.23. The lowest BCUT2D eigenvalue weighted by Crippen LogP contribution is -2.60. The molecule has 0 spiro atoms. The van der Waals surface area contributed by atoms with E-state index in [2.05, 4.69) is 13.8 Å². The molecule has 0 unspecified atom stereocenters. The lowest BCUT2D eigenvalue weighted by molar-refractivity contribution is -0.171. The van der Waals surface area contributed by atoms with Crippen LogP contribution in [0.25, 0.3) is 0 Å². The Balaban J connectivity index is 2.58. The van der Waals surface area contributed by atoms with Crippen molar-refractivity contribution in [3.8, 4) is 0 Å². The van der Waals surface area contributed by atoms with Crippen LogP contribution in [0, 0.1) is 11.3 Å². The van der Waals surface area contributed by atoms with Crippen molar-refractivity contribution in [2.24, 2.45) is 11.3 Å². The second-order valence-electron chi connectivity index (χ2n) is 4.91. The molecule has 2 rings (SSSR count). The Hall–Kier alpha value is -1.03. The highest BCUT2D eigenvalue weighted by molar-refractivity contribution is 5.98. The fourth-order valence-electron chi connectivity index (χ4n) is 3.16. The summed E-state index contributed by atoms with van der Waals surface area (Å²) in [4.78, 5) is 11.9. The van der Waals surface area contributed by atoms with Crippen LogP contribution in [0.1, 0.15) is 20.3 Å². The number of carbonyl (C=O) groups is 1. The quantitative estimate of drug-likeness (QED) is 0.731. The van der Waals surface area contributed by atoms with E-state index in [4.69, 9.17) is 14.2 Å². The van der Waals surface area contributed by atoms with Gasteiger partial charge in [0.15, 0.2) is 17.1 Å². The summed E-state index contributed by atoms with van der Waals surface area (Å²) in [6.07, 6.45) is 0.528. The number of hydrogen-bond donors (Lipinski definition) is 0. The number of methoxy groups -OCH3 is 3. The SMILES string of the molecule is COC1=C(OC)[C@]2(OC)C(=O)C[C@@H]2C1(C)C. The van der Waals surface area contributed by atoms with E-state index in [1.165, 1.54) is 0 Å². The number of hydrogen-bond acceptors (Lipinski definition) is 4. The summed E-state index contributed by atoms with van der Waals surface area (Å²) >= 11 is 0. The minimum absolute atomic E-state index is 0.0805. The molecule has 0 saturated heterocycles. The highest BCUT2D eigenvalue weighted by Gasteiger charge is 2.71. The van der Waals surface area contributed by atoms with Crippen molar-refractivity contribution >= 4 is 5.78 Å². The highest BCUT2D eigenvalue weighted by Crippen LogP contribution is 2.62. The fraction of sp³-hybridized carbons (Fsp3) is 0.750. The van der Waals surface area contributed by atoms with E-state index in [9.17, 15) is 4.79 Å². The number of ether oxygens (including phenoxy) is 3. The first kappa shape index (κ1) is 11.5. The molecule has 4 nitrogen and oxygen atoms in total. The molecule has 2 atom stereocenters. The third kappa shape index (κ3) is 0.961. The summed E-state index contributed by atoms with van der Waals surface area (Å²) in [5.74, 6) is 1.47. The van der Waals surface area contributed by atoms with Crippen LogP contribution in [0.15, 0.2) is 11.5 Å². The predicted molar refractivity (Wildman–Crippen MR) is 57.7 cm³/mol. The first-order valence-corrected chi connectivity index (χ1v) is 5.38. The second-order valence-corrected chi connectivity index (χ2v) is 4.91. The van der Waals surface area contributed by atoms with Gasteiger partial charge in [0, 0.05) is 24.9 Å². The molecule has 0 heterocycles. The van der Waals surface area contributed by atoms with Crippen molar-refractivity contribution in [3.05, 3.63) is 11.5 Å². The molecule has 0 aromatic heterocycles. The van der Waals surface area contributed by atoms with Gasteiger partial charge in [-0.2, -0.15) is 0 Å². The minimum atomic E-state index is -0.899. The number of Topliss-reactive ketones (excluding diaryl/α,β-unsaturated/α-hetero) is 1. The zero-order chi connectivity index (χ0) is 12.1. The first-order valence-electron chi connectivity index (χ1n) is 5.38. The van der Waals surface area contributed by atoms with Gasteiger partial charge in [-0.3, -0.25) is 4.79 Å². The van der Waals surface area contributed by atoms with Gasteiger partial charge in [0.25, 0.3) is 0 Å². The van der Waals surface area contributed by atoms with Crippen LogP contribution >= 0.6 is 0 Å². The Labute approximate surface area is 95.6 Å². The Morgan fingerprint density at radius 3 is 2.06 bits per heavy atom. The average Bonchev–Trinajstić information content (AvgIpc) is 2.39. The zero-order valence-electron chi connectivity index (χ0n) is 10.4. The van der Waals surface area contributed by atoms with Gasteiger partial charge >= 0.3 is 0 Å². The standard InChI is InChI=1S/C12H18O4/c1-11(2)7-6-8(13)12(7,16-5)10(15-4)9(11)14-3/h7H,6H2,1-5H3/t7-,12-/m1/s1. The highest BCUT2D eigenvalue weighted by atomic mass is 16.6. The van der Waals surface area contributed by atoms with Crippen LogP contribution in [0.5, 0.6) is 0 Å². The first-order chi connectivity index (χ1) is 7.46. The van der Waals surface area contributed by atoms with E-state index < -0.39 is 5.60 Å². The summed E-state index contributed by atoms with van der Waals surface area (Å²) in [5.41, 5.74) is -1.12. The van der Waals surface area contributed by atoms with Crippen LogP contribution in [0.4, 0.5) is 0 Å². The van der Waals surface area contributed by atoms with Gasteiger partial charge in [-0.05, 0) is 0 Å². The summed E-state index contributed by atoms with van der Waals surface area (Å²) in [6, 6.07) is 0. The Bertz CT molecular complexity index is 369. The maximum Gasteiger partial charge on any atom is 0.190 e. The topological polar surface area (TPSA) is 44.8 Å². The van der Waals surface area contributed by atoms with E-state index in [-0.39, 0.29) is 17.1 Å². The van der Waals surface area contributed by atoms with Gasteiger partial charge in [-0.1, -0.05) is 13.8 Å². The number of allylic oxidation sites excluding steroid dienone is 1. The molecule has 1 saturated carbocycles. The summed E-state index contributed by atoms with van der Waals surface area (Å²) in [7, 11) is 4.71. The van der Waals surface area contributed by atoms with Gasteiger partial charge in [-0.25, -0.2) is 0 Å². The Morgan fingerprint density at radius 2 is 1.69 bits per heavy atom. The van der Waals surface area contributed by atoms with E-state index in [1.54, 1.807) is 21.3 Å². The number of carbonyl (C=O) groups excluding carboxylic acids is 1. The van der Waals surface area contributed by atoms with E-state index in [0.29, 0.717) is 12.2 Å². The molecule has 0 radical (unpaired) electrons. The van der Waals surface area contributed by atoms with E-state index in [0.717, 1.165) is 5.76 Å². The number of fused-ring (bicyclic) bond motifs is 1. The van der Waals surface area contributed by atoms with Crippen LogP contribution in [0.3, 0.4) is 0 Å².